The Morgan fingerprint density at radius 2 is 1.88 bits per heavy atom. The minimum absolute atomic E-state index is 0.0971. The number of likely N-dealkylation sites (tertiary alicyclic amines) is 1. The van der Waals surface area contributed by atoms with Crippen molar-refractivity contribution in [2.75, 3.05) is 31.5 Å². The van der Waals surface area contributed by atoms with Crippen LogP contribution in [0.4, 0.5) is 10.1 Å². The van der Waals surface area contributed by atoms with E-state index in [2.05, 4.69) is 36.7 Å². The number of aliphatic hydroxyl groups is 2. The molecule has 0 aromatic heterocycles. The molecule has 5 rings (SSSR count). The molecule has 3 aliphatic rings. The smallest absolute Gasteiger partial charge is 0.237 e. The van der Waals surface area contributed by atoms with E-state index in [1.165, 1.54) is 12.1 Å². The standard InChI is InChI=1S/C29H35Cl2FN4O4/c1-28(2,3)12-23-29(17-10-19(32)18(31)11-20(17)34-27(29)40)24(15-5-4-6-16(30)9-15)25(35-23)26(39)33-7-8-36-13-21(37)22(38)14-36/h4-6,9-11,21-25,35,37-38H,7-8,12-14H2,1-3H3,(H,33,39)(H,34,40)/t21-,22-,23-,24+,25-,29+/m1/s1. The number of fused-ring (bicyclic) bond motifs is 2. The van der Waals surface area contributed by atoms with Gasteiger partial charge < -0.3 is 26.2 Å². The first-order chi connectivity index (χ1) is 18.8. The molecule has 2 amide bonds. The summed E-state index contributed by atoms with van der Waals surface area (Å²) in [7, 11) is 0. The summed E-state index contributed by atoms with van der Waals surface area (Å²) in [6.07, 6.45) is -1.10. The van der Waals surface area contributed by atoms with Crippen molar-refractivity contribution in [1.82, 2.24) is 15.5 Å². The van der Waals surface area contributed by atoms with Crippen LogP contribution < -0.4 is 16.0 Å². The van der Waals surface area contributed by atoms with Crippen LogP contribution >= 0.6 is 23.2 Å². The maximum Gasteiger partial charge on any atom is 0.237 e. The first kappa shape index (κ1) is 29.2. The maximum absolute atomic E-state index is 15.0. The molecule has 2 aromatic rings. The van der Waals surface area contributed by atoms with E-state index >= 15 is 0 Å². The fraction of sp³-hybridized carbons (Fsp3) is 0.517. The van der Waals surface area contributed by atoms with Crippen LogP contribution in [-0.4, -0.2) is 77.4 Å². The molecule has 216 valence electrons. The van der Waals surface area contributed by atoms with Crippen molar-refractivity contribution in [2.45, 2.75) is 62.8 Å². The van der Waals surface area contributed by atoms with Crippen molar-refractivity contribution >= 4 is 40.7 Å². The molecule has 0 aliphatic carbocycles. The Hall–Kier alpha value is -2.27. The number of β-amino-alcohol motifs (C(OH)–C–C–N with tert-alkyl or cyclic N) is 2. The first-order valence-electron chi connectivity index (χ1n) is 13.5. The molecule has 0 saturated carbocycles. The largest absolute Gasteiger partial charge is 0.389 e. The summed E-state index contributed by atoms with van der Waals surface area (Å²) in [5.74, 6) is -1.99. The van der Waals surface area contributed by atoms with Gasteiger partial charge in [-0.25, -0.2) is 4.39 Å². The highest BCUT2D eigenvalue weighted by atomic mass is 35.5. The van der Waals surface area contributed by atoms with Crippen LogP contribution in [0.25, 0.3) is 0 Å². The lowest BCUT2D eigenvalue weighted by atomic mass is 9.62. The van der Waals surface area contributed by atoms with Gasteiger partial charge in [-0.2, -0.15) is 0 Å². The van der Waals surface area contributed by atoms with Gasteiger partial charge in [0.1, 0.15) is 11.2 Å². The van der Waals surface area contributed by atoms with E-state index in [1.807, 2.05) is 11.0 Å². The number of aliphatic hydroxyl groups excluding tert-OH is 2. The van der Waals surface area contributed by atoms with Crippen LogP contribution in [0.3, 0.4) is 0 Å². The molecule has 3 heterocycles. The number of rotatable bonds is 6. The first-order valence-corrected chi connectivity index (χ1v) is 14.3. The van der Waals surface area contributed by atoms with Gasteiger partial charge in [0, 0.05) is 48.8 Å². The van der Waals surface area contributed by atoms with Crippen LogP contribution in [0.15, 0.2) is 36.4 Å². The van der Waals surface area contributed by atoms with Crippen LogP contribution in [0, 0.1) is 11.2 Å². The summed E-state index contributed by atoms with van der Waals surface area (Å²) < 4.78 is 15.0. The number of benzene rings is 2. The molecule has 2 saturated heterocycles. The van der Waals surface area contributed by atoms with Gasteiger partial charge in [-0.1, -0.05) is 56.1 Å². The highest BCUT2D eigenvalue weighted by Crippen LogP contribution is 2.57. The fourth-order valence-corrected chi connectivity index (χ4v) is 6.97. The fourth-order valence-electron chi connectivity index (χ4n) is 6.61. The van der Waals surface area contributed by atoms with Gasteiger partial charge in [-0.3, -0.25) is 14.5 Å². The molecule has 0 unspecified atom stereocenters. The predicted molar refractivity (Wildman–Crippen MR) is 152 cm³/mol. The second-order valence-electron chi connectivity index (χ2n) is 12.3. The van der Waals surface area contributed by atoms with E-state index in [0.717, 1.165) is 0 Å². The number of nitrogens with zero attached hydrogens (tertiary/aromatic N) is 1. The van der Waals surface area contributed by atoms with Crippen molar-refractivity contribution in [3.63, 3.8) is 0 Å². The van der Waals surface area contributed by atoms with Gasteiger partial charge >= 0.3 is 0 Å². The summed E-state index contributed by atoms with van der Waals surface area (Å²) in [5, 5.41) is 29.4. The molecule has 0 bridgehead atoms. The number of hydrogen-bond acceptors (Lipinski definition) is 6. The Morgan fingerprint density at radius 3 is 2.52 bits per heavy atom. The Morgan fingerprint density at radius 1 is 1.18 bits per heavy atom. The summed E-state index contributed by atoms with van der Waals surface area (Å²) >= 11 is 12.5. The van der Waals surface area contributed by atoms with Crippen LogP contribution in [-0.2, 0) is 15.0 Å². The Bertz CT molecular complexity index is 1310. The van der Waals surface area contributed by atoms with Crippen molar-refractivity contribution in [3.05, 3.63) is 63.4 Å². The highest BCUT2D eigenvalue weighted by molar-refractivity contribution is 6.31. The van der Waals surface area contributed by atoms with E-state index in [9.17, 15) is 24.2 Å². The number of carbonyl (C=O) groups is 2. The number of anilines is 1. The molecule has 0 radical (unpaired) electrons. The predicted octanol–water partition coefficient (Wildman–Crippen LogP) is 3.04. The van der Waals surface area contributed by atoms with E-state index in [-0.39, 0.29) is 28.8 Å². The van der Waals surface area contributed by atoms with Crippen molar-refractivity contribution in [3.8, 4) is 0 Å². The van der Waals surface area contributed by atoms with Crippen LogP contribution in [0.1, 0.15) is 44.2 Å². The van der Waals surface area contributed by atoms with Crippen molar-refractivity contribution in [1.29, 1.82) is 0 Å². The molecule has 40 heavy (non-hydrogen) atoms. The van der Waals surface area contributed by atoms with Gasteiger partial charge in [0.2, 0.25) is 11.8 Å². The second kappa shape index (κ2) is 10.9. The molecule has 1 spiro atoms. The minimum atomic E-state index is -1.32. The van der Waals surface area contributed by atoms with Crippen molar-refractivity contribution < 1.29 is 24.2 Å². The quantitative estimate of drug-likeness (QED) is 0.352. The van der Waals surface area contributed by atoms with Crippen LogP contribution in [0.5, 0.6) is 0 Å². The lowest BCUT2D eigenvalue weighted by molar-refractivity contribution is -0.123. The average Bonchev–Trinajstić information content (AvgIpc) is 3.46. The van der Waals surface area contributed by atoms with E-state index in [1.54, 1.807) is 18.2 Å². The lowest BCUT2D eigenvalue weighted by Gasteiger charge is -2.37. The van der Waals surface area contributed by atoms with E-state index in [4.69, 9.17) is 23.2 Å². The molecule has 2 aromatic carbocycles. The summed E-state index contributed by atoms with van der Waals surface area (Å²) in [6.45, 7) is 7.54. The van der Waals surface area contributed by atoms with Gasteiger partial charge in [-0.05, 0) is 47.2 Å². The second-order valence-corrected chi connectivity index (χ2v) is 13.2. The highest BCUT2D eigenvalue weighted by Gasteiger charge is 2.65. The van der Waals surface area contributed by atoms with Gasteiger partial charge in [-0.15, -0.1) is 0 Å². The third-order valence-corrected chi connectivity index (χ3v) is 8.78. The third-order valence-electron chi connectivity index (χ3n) is 8.25. The van der Waals surface area contributed by atoms with E-state index in [0.29, 0.717) is 47.9 Å². The zero-order valence-corrected chi connectivity index (χ0v) is 24.2. The van der Waals surface area contributed by atoms with E-state index < -0.39 is 41.4 Å². The monoisotopic (exact) mass is 592 g/mol. The van der Waals surface area contributed by atoms with Gasteiger partial charge in [0.05, 0.1) is 23.3 Å². The number of halogens is 3. The molecule has 8 nitrogen and oxygen atoms in total. The summed E-state index contributed by atoms with van der Waals surface area (Å²) in [5.41, 5.74) is 0.0167. The topological polar surface area (TPSA) is 114 Å². The van der Waals surface area contributed by atoms with Gasteiger partial charge in [0.25, 0.3) is 0 Å². The minimum Gasteiger partial charge on any atom is -0.389 e. The molecular formula is C29H35Cl2FN4O4. The lowest BCUT2D eigenvalue weighted by Crippen LogP contribution is -2.49. The average molecular weight is 594 g/mol. The summed E-state index contributed by atoms with van der Waals surface area (Å²) in [6, 6.07) is 8.47. The number of hydrogen-bond donors (Lipinski definition) is 5. The number of amides is 2. The molecular weight excluding hydrogens is 558 g/mol. The van der Waals surface area contributed by atoms with Gasteiger partial charge in [0.15, 0.2) is 0 Å². The van der Waals surface area contributed by atoms with Crippen LogP contribution in [0.2, 0.25) is 10.0 Å². The third kappa shape index (κ3) is 5.24. The SMILES string of the molecule is CC(C)(C)C[C@H]1N[C@@H](C(=O)NCCN2C[C@@H](O)[C@H](O)C2)[C@H](c2cccc(Cl)c2)[C@@]12C(=O)Nc1cc(Cl)c(F)cc12. The zero-order valence-electron chi connectivity index (χ0n) is 22.7. The Kier molecular flexibility index (Phi) is 7.93. The maximum atomic E-state index is 15.0. The molecule has 2 fully saturated rings. The summed E-state index contributed by atoms with van der Waals surface area (Å²) in [4.78, 5) is 29.9. The Balaban J connectivity index is 1.56. The molecule has 5 N–H and O–H groups in total. The Labute approximate surface area is 243 Å². The number of carbonyl (C=O) groups excluding carboxylic acids is 2. The molecule has 11 heteroatoms. The zero-order chi connectivity index (χ0) is 29.0. The number of nitrogens with one attached hydrogen (secondary N) is 3. The molecule has 6 atom stereocenters. The molecule has 3 aliphatic heterocycles. The normalized spacial score (nSPS) is 30.1. The van der Waals surface area contributed by atoms with Crippen molar-refractivity contribution in [2.24, 2.45) is 5.41 Å².